The lowest BCUT2D eigenvalue weighted by molar-refractivity contribution is -0.137. The third-order valence-corrected chi connectivity index (χ3v) is 4.82. The summed E-state index contributed by atoms with van der Waals surface area (Å²) >= 11 is 0. The van der Waals surface area contributed by atoms with Gasteiger partial charge >= 0.3 is 6.18 Å². The number of hydrogen-bond donors (Lipinski definition) is 3. The third-order valence-electron chi connectivity index (χ3n) is 4.82. The molecule has 148 valence electrons. The summed E-state index contributed by atoms with van der Waals surface area (Å²) in [5.74, 6) is -1.11. The summed E-state index contributed by atoms with van der Waals surface area (Å²) in [6.45, 7) is 1.71. The number of nitrogens with one attached hydrogen (secondary N) is 1. The van der Waals surface area contributed by atoms with Crippen molar-refractivity contribution in [2.24, 2.45) is 0 Å². The van der Waals surface area contributed by atoms with Gasteiger partial charge < -0.3 is 15.5 Å². The predicted octanol–water partition coefficient (Wildman–Crippen LogP) is 3.59. The topological polar surface area (TPSA) is 82.7 Å². The minimum atomic E-state index is -4.62. The highest BCUT2D eigenvalue weighted by atomic mass is 19.4. The Bertz CT molecular complexity index is 1050. The summed E-state index contributed by atoms with van der Waals surface area (Å²) in [7, 11) is 0. The van der Waals surface area contributed by atoms with Gasteiger partial charge in [0.1, 0.15) is 17.0 Å². The second-order valence-electron chi connectivity index (χ2n) is 7.23. The summed E-state index contributed by atoms with van der Waals surface area (Å²) in [4.78, 5) is 0. The Balaban J connectivity index is 1.75. The van der Waals surface area contributed by atoms with Crippen molar-refractivity contribution in [2.45, 2.75) is 37.6 Å². The van der Waals surface area contributed by atoms with E-state index in [2.05, 4.69) is 15.5 Å². The molecule has 0 unspecified atom stereocenters. The Labute approximate surface area is 156 Å². The molecule has 1 aliphatic rings. The van der Waals surface area contributed by atoms with E-state index >= 15 is 0 Å². The minimum Gasteiger partial charge on any atom is -0.507 e. The van der Waals surface area contributed by atoms with E-state index in [0.29, 0.717) is 18.9 Å². The van der Waals surface area contributed by atoms with Crippen molar-refractivity contribution in [3.63, 3.8) is 0 Å². The Kier molecular flexibility index (Phi) is 4.00. The molecule has 0 bridgehead atoms. The molecule has 0 atom stereocenters. The molecule has 28 heavy (non-hydrogen) atoms. The number of alkyl halides is 3. The molecule has 1 saturated carbocycles. The van der Waals surface area contributed by atoms with Gasteiger partial charge in [-0.3, -0.25) is 4.40 Å². The van der Waals surface area contributed by atoms with Crippen LogP contribution in [-0.4, -0.2) is 36.5 Å². The number of halogens is 4. The second kappa shape index (κ2) is 6.06. The van der Waals surface area contributed by atoms with Gasteiger partial charge in [-0.2, -0.15) is 13.2 Å². The number of aliphatic hydroxyl groups is 1. The number of rotatable bonds is 3. The molecule has 0 saturated heterocycles. The van der Waals surface area contributed by atoms with Gasteiger partial charge in [-0.15, -0.1) is 10.2 Å². The van der Waals surface area contributed by atoms with Gasteiger partial charge in [-0.05, 0) is 44.0 Å². The minimum absolute atomic E-state index is 0.0290. The normalized spacial score (nSPS) is 22.3. The van der Waals surface area contributed by atoms with Gasteiger partial charge in [-0.25, -0.2) is 4.39 Å². The summed E-state index contributed by atoms with van der Waals surface area (Å²) in [6.07, 6.45) is -2.24. The van der Waals surface area contributed by atoms with E-state index in [1.54, 1.807) is 6.92 Å². The molecule has 6 nitrogen and oxygen atoms in total. The lowest BCUT2D eigenvalue weighted by atomic mass is 9.77. The highest BCUT2D eigenvalue weighted by molar-refractivity contribution is 5.81. The molecule has 1 fully saturated rings. The summed E-state index contributed by atoms with van der Waals surface area (Å²) in [6, 6.07) is 3.49. The lowest BCUT2D eigenvalue weighted by Gasteiger charge is -2.41. The molecule has 3 aromatic rings. The van der Waals surface area contributed by atoms with E-state index in [1.165, 1.54) is 16.7 Å². The Hall–Kier alpha value is -2.88. The van der Waals surface area contributed by atoms with Gasteiger partial charge in [0.15, 0.2) is 5.82 Å². The van der Waals surface area contributed by atoms with Crippen LogP contribution in [0.3, 0.4) is 0 Å². The van der Waals surface area contributed by atoms with Crippen LogP contribution in [0, 0.1) is 5.82 Å². The van der Waals surface area contributed by atoms with E-state index in [4.69, 9.17) is 0 Å². The number of phenolic OH excluding ortho intramolecular Hbond substituents is 1. The number of nitrogens with zero attached hydrogens (tertiary/aromatic N) is 3. The molecule has 0 radical (unpaired) electrons. The van der Waals surface area contributed by atoms with Crippen LogP contribution in [0.4, 0.5) is 23.5 Å². The lowest BCUT2D eigenvalue weighted by Crippen LogP contribution is -2.48. The fourth-order valence-corrected chi connectivity index (χ4v) is 3.48. The highest BCUT2D eigenvalue weighted by Gasteiger charge is 2.39. The van der Waals surface area contributed by atoms with Crippen molar-refractivity contribution >= 4 is 11.5 Å². The smallest absolute Gasteiger partial charge is 0.416 e. The fraction of sp³-hybridized carbons (Fsp3) is 0.333. The summed E-state index contributed by atoms with van der Waals surface area (Å²) < 4.78 is 54.2. The third kappa shape index (κ3) is 3.13. The van der Waals surface area contributed by atoms with E-state index in [1.807, 2.05) is 0 Å². The average Bonchev–Trinajstić information content (AvgIpc) is 2.96. The van der Waals surface area contributed by atoms with Crippen LogP contribution in [0.2, 0.25) is 0 Å². The molecule has 10 heteroatoms. The van der Waals surface area contributed by atoms with E-state index < -0.39 is 28.9 Å². The Morgan fingerprint density at radius 2 is 1.93 bits per heavy atom. The first-order valence-corrected chi connectivity index (χ1v) is 8.48. The zero-order chi connectivity index (χ0) is 20.3. The van der Waals surface area contributed by atoms with Gasteiger partial charge in [-0.1, -0.05) is 0 Å². The molecule has 1 aliphatic carbocycles. The molecule has 2 aromatic heterocycles. The molecular weight excluding hydrogens is 380 g/mol. The SMILES string of the molecule is CC1(O)CC(Nc2nnc(-c3ccc(C(F)(F)F)cc3O)c3c(F)ccn23)C1. The zero-order valence-corrected chi connectivity index (χ0v) is 14.6. The number of fused-ring (bicyclic) bond motifs is 1. The zero-order valence-electron chi connectivity index (χ0n) is 14.6. The van der Waals surface area contributed by atoms with Crippen LogP contribution in [0.5, 0.6) is 5.75 Å². The van der Waals surface area contributed by atoms with E-state index in [9.17, 15) is 27.8 Å². The van der Waals surface area contributed by atoms with Crippen molar-refractivity contribution in [1.29, 1.82) is 0 Å². The monoisotopic (exact) mass is 396 g/mol. The van der Waals surface area contributed by atoms with Gasteiger partial charge in [0.25, 0.3) is 0 Å². The molecule has 2 heterocycles. The molecule has 3 N–H and O–H groups in total. The number of phenols is 1. The van der Waals surface area contributed by atoms with Gasteiger partial charge in [0, 0.05) is 17.8 Å². The second-order valence-corrected chi connectivity index (χ2v) is 7.23. The molecule has 0 aliphatic heterocycles. The number of hydrogen-bond acceptors (Lipinski definition) is 5. The predicted molar refractivity (Wildman–Crippen MR) is 92.3 cm³/mol. The fourth-order valence-electron chi connectivity index (χ4n) is 3.48. The number of aromatic nitrogens is 3. The highest BCUT2D eigenvalue weighted by Crippen LogP contribution is 2.38. The van der Waals surface area contributed by atoms with E-state index in [0.717, 1.165) is 12.1 Å². The Morgan fingerprint density at radius 1 is 1.21 bits per heavy atom. The number of benzene rings is 1. The average molecular weight is 396 g/mol. The first-order chi connectivity index (χ1) is 13.0. The van der Waals surface area contributed by atoms with Crippen molar-refractivity contribution < 1.29 is 27.8 Å². The van der Waals surface area contributed by atoms with Crippen molar-refractivity contribution in [3.05, 3.63) is 41.8 Å². The molecule has 1 aromatic carbocycles. The van der Waals surface area contributed by atoms with Crippen molar-refractivity contribution in [1.82, 2.24) is 14.6 Å². The quantitative estimate of drug-likeness (QED) is 0.590. The molecule has 0 spiro atoms. The first kappa shape index (κ1) is 18.5. The summed E-state index contributed by atoms with van der Waals surface area (Å²) in [5, 5.41) is 30.9. The van der Waals surface area contributed by atoms with Crippen LogP contribution in [0.1, 0.15) is 25.3 Å². The van der Waals surface area contributed by atoms with Gasteiger partial charge in [0.2, 0.25) is 5.95 Å². The van der Waals surface area contributed by atoms with Crippen LogP contribution in [0.25, 0.3) is 16.8 Å². The van der Waals surface area contributed by atoms with Crippen molar-refractivity contribution in [2.75, 3.05) is 5.32 Å². The number of aromatic hydroxyl groups is 1. The molecule has 4 rings (SSSR count). The van der Waals surface area contributed by atoms with Crippen molar-refractivity contribution in [3.8, 4) is 17.0 Å². The van der Waals surface area contributed by atoms with Crippen LogP contribution < -0.4 is 5.32 Å². The maximum absolute atomic E-state index is 14.4. The largest absolute Gasteiger partial charge is 0.507 e. The standard InChI is InChI=1S/C18H16F4N4O2/c1-17(28)7-10(8-17)23-16-25-24-14(15-12(19)4-5-26(15)16)11-3-2-9(6-13(11)27)18(20,21)22/h2-6,10,27-28H,7-8H2,1H3,(H,23,25). The first-order valence-electron chi connectivity index (χ1n) is 8.48. The summed E-state index contributed by atoms with van der Waals surface area (Å²) in [5.41, 5.74) is -1.97. The maximum atomic E-state index is 14.4. The molecule has 0 amide bonds. The maximum Gasteiger partial charge on any atom is 0.416 e. The number of anilines is 1. The van der Waals surface area contributed by atoms with Crippen LogP contribution >= 0.6 is 0 Å². The van der Waals surface area contributed by atoms with E-state index in [-0.39, 0.29) is 28.8 Å². The van der Waals surface area contributed by atoms with Crippen LogP contribution in [0.15, 0.2) is 30.5 Å². The van der Waals surface area contributed by atoms with Gasteiger partial charge in [0.05, 0.1) is 11.2 Å². The molecular formula is C18H16F4N4O2. The van der Waals surface area contributed by atoms with Crippen LogP contribution in [-0.2, 0) is 6.18 Å². The Morgan fingerprint density at radius 3 is 2.54 bits per heavy atom.